The lowest BCUT2D eigenvalue weighted by atomic mass is 9.98. The normalized spacial score (nSPS) is 11.8. The molecule has 5 heteroatoms. The molecule has 0 aliphatic carbocycles. The zero-order valence-electron chi connectivity index (χ0n) is 15.0. The van der Waals surface area contributed by atoms with Crippen LogP contribution in [0, 0.1) is 6.92 Å². The van der Waals surface area contributed by atoms with Gasteiger partial charge in [0.1, 0.15) is 0 Å². The fraction of sp³-hybridized carbons (Fsp3) is 0.368. The molecule has 0 bridgehead atoms. The number of benzene rings is 1. The zero-order chi connectivity index (χ0) is 17.9. The lowest BCUT2D eigenvalue weighted by Gasteiger charge is -2.13. The Balaban J connectivity index is 2.31. The van der Waals surface area contributed by atoms with E-state index in [0.717, 1.165) is 16.3 Å². The molecule has 0 aliphatic rings. The molecule has 1 heterocycles. The number of para-hydroxylation sites is 1. The molecule has 0 fully saturated rings. The van der Waals surface area contributed by atoms with Gasteiger partial charge in [-0.1, -0.05) is 32.9 Å². The van der Waals surface area contributed by atoms with E-state index in [9.17, 15) is 4.79 Å². The molecule has 1 aromatic carbocycles. The predicted octanol–water partition coefficient (Wildman–Crippen LogP) is 4.66. The molecule has 2 rings (SSSR count). The molecule has 1 aromatic heterocycles. The van der Waals surface area contributed by atoms with Crippen LogP contribution in [-0.4, -0.2) is 25.0 Å². The van der Waals surface area contributed by atoms with Crippen LogP contribution in [0.2, 0.25) is 0 Å². The number of carbonyl (C=O) groups excluding carboxylic acids is 1. The molecular formula is C19H23NO3S. The van der Waals surface area contributed by atoms with Crippen LogP contribution in [0.25, 0.3) is 6.08 Å². The Morgan fingerprint density at radius 2 is 1.92 bits per heavy atom. The average Bonchev–Trinajstić information content (AvgIpc) is 2.94. The van der Waals surface area contributed by atoms with E-state index in [-0.39, 0.29) is 11.2 Å². The van der Waals surface area contributed by atoms with Gasteiger partial charge >= 0.3 is 0 Å². The van der Waals surface area contributed by atoms with Gasteiger partial charge in [0.15, 0.2) is 17.3 Å². The summed E-state index contributed by atoms with van der Waals surface area (Å²) >= 11 is 1.46. The number of carbonyl (C=O) groups is 1. The van der Waals surface area contributed by atoms with Gasteiger partial charge in [-0.05, 0) is 25.1 Å². The summed E-state index contributed by atoms with van der Waals surface area (Å²) in [7, 11) is 3.17. The molecule has 2 aromatic rings. The molecule has 0 saturated carbocycles. The number of nitrogens with zero attached hydrogens (tertiary/aromatic N) is 1. The summed E-state index contributed by atoms with van der Waals surface area (Å²) in [6.45, 7) is 8.16. The van der Waals surface area contributed by atoms with Gasteiger partial charge < -0.3 is 9.47 Å². The van der Waals surface area contributed by atoms with E-state index in [1.165, 1.54) is 11.3 Å². The van der Waals surface area contributed by atoms with Gasteiger partial charge in [0, 0.05) is 11.0 Å². The van der Waals surface area contributed by atoms with Crippen LogP contribution in [0.1, 0.15) is 46.7 Å². The van der Waals surface area contributed by atoms with Crippen LogP contribution < -0.4 is 9.47 Å². The molecule has 0 aliphatic heterocycles. The molecule has 0 radical (unpaired) electrons. The van der Waals surface area contributed by atoms with Gasteiger partial charge in [0.2, 0.25) is 0 Å². The maximum Gasteiger partial charge on any atom is 0.197 e. The van der Waals surface area contributed by atoms with Crippen molar-refractivity contribution in [3.05, 3.63) is 45.4 Å². The Labute approximate surface area is 147 Å². The van der Waals surface area contributed by atoms with Crippen LogP contribution in [0.4, 0.5) is 0 Å². The Morgan fingerprint density at radius 3 is 2.46 bits per heavy atom. The van der Waals surface area contributed by atoms with Crippen LogP contribution in [0.3, 0.4) is 0 Å². The fourth-order valence-corrected chi connectivity index (χ4v) is 3.27. The quantitative estimate of drug-likeness (QED) is 0.584. The topological polar surface area (TPSA) is 48.4 Å². The van der Waals surface area contributed by atoms with Crippen LogP contribution in [-0.2, 0) is 5.41 Å². The molecule has 4 nitrogen and oxygen atoms in total. The third-order valence-corrected chi connectivity index (χ3v) is 5.11. The van der Waals surface area contributed by atoms with Gasteiger partial charge in [-0.3, -0.25) is 4.79 Å². The van der Waals surface area contributed by atoms with Crippen molar-refractivity contribution in [3.8, 4) is 11.5 Å². The largest absolute Gasteiger partial charge is 0.493 e. The first kappa shape index (κ1) is 18.2. The highest BCUT2D eigenvalue weighted by atomic mass is 32.1. The van der Waals surface area contributed by atoms with E-state index in [4.69, 9.17) is 9.47 Å². The minimum absolute atomic E-state index is 0.0506. The second kappa shape index (κ2) is 7.18. The van der Waals surface area contributed by atoms with E-state index in [0.29, 0.717) is 16.4 Å². The Hall–Kier alpha value is -2.14. The lowest BCUT2D eigenvalue weighted by molar-refractivity contribution is 0.105. The van der Waals surface area contributed by atoms with Gasteiger partial charge in [0.25, 0.3) is 0 Å². The van der Waals surface area contributed by atoms with E-state index in [1.807, 2.05) is 25.1 Å². The fourth-order valence-electron chi connectivity index (χ4n) is 2.23. The number of aryl methyl sites for hydroxylation is 1. The summed E-state index contributed by atoms with van der Waals surface area (Å²) in [5, 5.41) is 0.968. The predicted molar refractivity (Wildman–Crippen MR) is 98.5 cm³/mol. The van der Waals surface area contributed by atoms with Gasteiger partial charge in [-0.2, -0.15) is 0 Å². The smallest absolute Gasteiger partial charge is 0.197 e. The third-order valence-electron chi connectivity index (χ3n) is 3.51. The highest BCUT2D eigenvalue weighted by molar-refractivity contribution is 7.14. The number of rotatable bonds is 5. The van der Waals surface area contributed by atoms with E-state index in [1.54, 1.807) is 26.4 Å². The van der Waals surface area contributed by atoms with Crippen molar-refractivity contribution < 1.29 is 14.3 Å². The monoisotopic (exact) mass is 345 g/mol. The number of thiazole rings is 1. The summed E-state index contributed by atoms with van der Waals surface area (Å²) in [4.78, 5) is 17.8. The van der Waals surface area contributed by atoms with Crippen LogP contribution >= 0.6 is 11.3 Å². The maximum atomic E-state index is 12.5. The molecule has 0 N–H and O–H groups in total. The van der Waals surface area contributed by atoms with Crippen molar-refractivity contribution >= 4 is 23.2 Å². The average molecular weight is 345 g/mol. The van der Waals surface area contributed by atoms with Crippen molar-refractivity contribution in [2.24, 2.45) is 0 Å². The van der Waals surface area contributed by atoms with E-state index >= 15 is 0 Å². The number of hydrogen-bond acceptors (Lipinski definition) is 5. The highest BCUT2D eigenvalue weighted by Gasteiger charge is 2.22. The van der Waals surface area contributed by atoms with Gasteiger partial charge in [-0.15, -0.1) is 11.3 Å². The van der Waals surface area contributed by atoms with E-state index < -0.39 is 0 Å². The standard InChI is InChI=1S/C19H23NO3S/c1-12-17(24-18(20-12)19(2,3)4)14(21)11-10-13-8-7-9-15(22-5)16(13)23-6/h7-11H,1-6H3/b11-10+. The first-order chi connectivity index (χ1) is 11.3. The molecule has 24 heavy (non-hydrogen) atoms. The number of aromatic nitrogens is 1. The first-order valence-electron chi connectivity index (χ1n) is 7.69. The minimum Gasteiger partial charge on any atom is -0.493 e. The molecule has 0 unspecified atom stereocenters. The maximum absolute atomic E-state index is 12.5. The van der Waals surface area contributed by atoms with Crippen molar-refractivity contribution in [2.75, 3.05) is 14.2 Å². The number of methoxy groups -OCH3 is 2. The van der Waals surface area contributed by atoms with Crippen molar-refractivity contribution in [1.29, 1.82) is 0 Å². The molecule has 0 saturated heterocycles. The number of ketones is 1. The molecule has 0 amide bonds. The first-order valence-corrected chi connectivity index (χ1v) is 8.51. The third kappa shape index (κ3) is 3.85. The highest BCUT2D eigenvalue weighted by Crippen LogP contribution is 2.32. The summed E-state index contributed by atoms with van der Waals surface area (Å²) in [5.74, 6) is 1.20. The minimum atomic E-state index is -0.0618. The second-order valence-electron chi connectivity index (χ2n) is 6.46. The van der Waals surface area contributed by atoms with Crippen molar-refractivity contribution in [2.45, 2.75) is 33.1 Å². The second-order valence-corrected chi connectivity index (χ2v) is 7.46. The van der Waals surface area contributed by atoms with E-state index in [2.05, 4.69) is 25.8 Å². The Bertz CT molecular complexity index is 769. The van der Waals surface area contributed by atoms with Gasteiger partial charge in [0.05, 0.1) is 29.8 Å². The summed E-state index contributed by atoms with van der Waals surface area (Å²) in [6.07, 6.45) is 3.31. The zero-order valence-corrected chi connectivity index (χ0v) is 15.8. The van der Waals surface area contributed by atoms with Gasteiger partial charge in [-0.25, -0.2) is 4.98 Å². The summed E-state index contributed by atoms with van der Waals surface area (Å²) < 4.78 is 10.7. The summed E-state index contributed by atoms with van der Waals surface area (Å²) in [6, 6.07) is 5.56. The van der Waals surface area contributed by atoms with Crippen molar-refractivity contribution in [3.63, 3.8) is 0 Å². The molecule has 0 atom stereocenters. The lowest BCUT2D eigenvalue weighted by Crippen LogP contribution is -2.10. The van der Waals surface area contributed by atoms with Crippen LogP contribution in [0.5, 0.6) is 11.5 Å². The summed E-state index contributed by atoms with van der Waals surface area (Å²) in [5.41, 5.74) is 1.51. The van der Waals surface area contributed by atoms with Crippen LogP contribution in [0.15, 0.2) is 24.3 Å². The number of ether oxygens (including phenoxy) is 2. The Morgan fingerprint density at radius 1 is 1.21 bits per heavy atom. The van der Waals surface area contributed by atoms with Crippen molar-refractivity contribution in [1.82, 2.24) is 4.98 Å². The molecule has 128 valence electrons. The molecule has 0 spiro atoms. The number of allylic oxidation sites excluding steroid dienone is 1. The Kier molecular flexibility index (Phi) is 5.44. The SMILES string of the molecule is COc1cccc(/C=C/C(=O)c2sc(C(C)(C)C)nc2C)c1OC. The molecular weight excluding hydrogens is 322 g/mol. The number of hydrogen-bond donors (Lipinski definition) is 0.